The average molecular weight is 396 g/mol. The lowest BCUT2D eigenvalue weighted by atomic mass is 10.0. The van der Waals surface area contributed by atoms with E-state index >= 15 is 0 Å². The summed E-state index contributed by atoms with van der Waals surface area (Å²) in [4.78, 5) is 26.0. The van der Waals surface area contributed by atoms with Gasteiger partial charge in [-0.3, -0.25) is 9.59 Å². The fraction of sp³-hybridized carbons (Fsp3) is 0.579. The van der Waals surface area contributed by atoms with E-state index in [1.807, 2.05) is 33.8 Å². The van der Waals surface area contributed by atoms with Crippen LogP contribution in [0.15, 0.2) is 23.1 Å². The number of sulfonamides is 1. The number of carbonyl (C=O) groups is 2. The van der Waals surface area contributed by atoms with Gasteiger partial charge in [-0.2, -0.15) is 4.31 Å². The molecule has 1 aliphatic heterocycles. The number of nitrogens with one attached hydrogen (secondary N) is 1. The topological polar surface area (TPSA) is 86.8 Å². The van der Waals surface area contributed by atoms with Crippen molar-refractivity contribution in [1.82, 2.24) is 14.5 Å². The molecule has 2 rings (SSSR count). The molecule has 1 aromatic rings. The van der Waals surface area contributed by atoms with E-state index in [2.05, 4.69) is 5.32 Å². The maximum absolute atomic E-state index is 12.9. The molecule has 27 heavy (non-hydrogen) atoms. The molecule has 0 unspecified atom stereocenters. The fourth-order valence-corrected chi connectivity index (χ4v) is 4.61. The molecule has 1 heterocycles. The minimum Gasteiger partial charge on any atom is -0.344 e. The van der Waals surface area contributed by atoms with E-state index in [4.69, 9.17) is 0 Å². The quantitative estimate of drug-likeness (QED) is 0.814. The second-order valence-corrected chi connectivity index (χ2v) is 9.34. The van der Waals surface area contributed by atoms with Crippen LogP contribution in [0, 0.1) is 19.8 Å². The molecule has 150 valence electrons. The van der Waals surface area contributed by atoms with Crippen molar-refractivity contribution < 1.29 is 18.0 Å². The van der Waals surface area contributed by atoms with Crippen molar-refractivity contribution in [3.8, 4) is 0 Å². The molecule has 1 saturated heterocycles. The van der Waals surface area contributed by atoms with Gasteiger partial charge in [0.2, 0.25) is 21.8 Å². The summed E-state index contributed by atoms with van der Waals surface area (Å²) in [7, 11) is -3.58. The minimum absolute atomic E-state index is 0.0429. The number of aryl methyl sites for hydroxylation is 2. The monoisotopic (exact) mass is 395 g/mol. The van der Waals surface area contributed by atoms with Crippen molar-refractivity contribution in [3.63, 3.8) is 0 Å². The molecule has 2 amide bonds. The van der Waals surface area contributed by atoms with Crippen LogP contribution in [0.5, 0.6) is 0 Å². The molecule has 8 heteroatoms. The van der Waals surface area contributed by atoms with Gasteiger partial charge in [-0.1, -0.05) is 19.9 Å². The lowest BCUT2D eigenvalue weighted by Crippen LogP contribution is -2.56. The lowest BCUT2D eigenvalue weighted by molar-refractivity contribution is -0.138. The zero-order chi connectivity index (χ0) is 20.4. The molecule has 0 aliphatic carbocycles. The Labute approximate surface area is 161 Å². The van der Waals surface area contributed by atoms with E-state index in [0.29, 0.717) is 13.1 Å². The number of rotatable bonds is 5. The minimum atomic E-state index is -3.58. The third-order valence-electron chi connectivity index (χ3n) is 4.96. The number of benzene rings is 1. The van der Waals surface area contributed by atoms with E-state index in [0.717, 1.165) is 11.1 Å². The number of piperazine rings is 1. The number of carbonyl (C=O) groups excluding carboxylic acids is 2. The van der Waals surface area contributed by atoms with Gasteiger partial charge < -0.3 is 10.2 Å². The summed E-state index contributed by atoms with van der Waals surface area (Å²) in [6.45, 7) is 10.1. The highest BCUT2D eigenvalue weighted by Crippen LogP contribution is 2.21. The Morgan fingerprint density at radius 1 is 1.04 bits per heavy atom. The standard InChI is InChI=1S/C19H29N3O4S/c1-13(2)18(20-16(5)23)19(24)21-8-10-22(11-9-21)27(25,26)17-7-6-14(3)15(4)12-17/h6-7,12-13,18H,8-11H2,1-5H3,(H,20,23)/t18-/m0/s1. The second kappa shape index (κ2) is 8.39. The zero-order valence-corrected chi connectivity index (χ0v) is 17.5. The molecule has 0 bridgehead atoms. The zero-order valence-electron chi connectivity index (χ0n) is 16.7. The number of hydrogen-bond donors (Lipinski definition) is 1. The number of amides is 2. The summed E-state index contributed by atoms with van der Waals surface area (Å²) in [6.07, 6.45) is 0. The van der Waals surface area contributed by atoms with Crippen molar-refractivity contribution in [2.75, 3.05) is 26.2 Å². The molecule has 1 fully saturated rings. The van der Waals surface area contributed by atoms with Gasteiger partial charge in [0, 0.05) is 33.1 Å². The van der Waals surface area contributed by atoms with Crippen LogP contribution in [0.4, 0.5) is 0 Å². The van der Waals surface area contributed by atoms with Crippen LogP contribution in [0.3, 0.4) is 0 Å². The van der Waals surface area contributed by atoms with Gasteiger partial charge in [-0.05, 0) is 43.0 Å². The Balaban J connectivity index is 2.08. The lowest BCUT2D eigenvalue weighted by Gasteiger charge is -2.36. The molecule has 0 radical (unpaired) electrons. The van der Waals surface area contributed by atoms with E-state index in [1.165, 1.54) is 11.2 Å². The Morgan fingerprint density at radius 3 is 2.11 bits per heavy atom. The van der Waals surface area contributed by atoms with Crippen LogP contribution in [0.2, 0.25) is 0 Å². The Bertz CT molecular complexity index is 812. The highest BCUT2D eigenvalue weighted by Gasteiger charge is 2.33. The number of nitrogens with zero attached hydrogens (tertiary/aromatic N) is 2. The SMILES string of the molecule is CC(=O)N[C@H](C(=O)N1CCN(S(=O)(=O)c2ccc(C)c(C)c2)CC1)C(C)C. The van der Waals surface area contributed by atoms with Crippen LogP contribution in [-0.4, -0.2) is 61.7 Å². The summed E-state index contributed by atoms with van der Waals surface area (Å²) in [5, 5.41) is 2.69. The third kappa shape index (κ3) is 4.87. The third-order valence-corrected chi connectivity index (χ3v) is 6.85. The highest BCUT2D eigenvalue weighted by molar-refractivity contribution is 7.89. The van der Waals surface area contributed by atoms with Gasteiger partial charge in [0.15, 0.2) is 0 Å². The van der Waals surface area contributed by atoms with Crippen LogP contribution in [0.25, 0.3) is 0 Å². The molecule has 0 aromatic heterocycles. The molecule has 0 spiro atoms. The van der Waals surface area contributed by atoms with Gasteiger partial charge >= 0.3 is 0 Å². The van der Waals surface area contributed by atoms with Crippen molar-refractivity contribution in [2.24, 2.45) is 5.92 Å². The predicted molar refractivity (Wildman–Crippen MR) is 104 cm³/mol. The smallest absolute Gasteiger partial charge is 0.245 e. The first-order valence-electron chi connectivity index (χ1n) is 9.17. The van der Waals surface area contributed by atoms with Crippen LogP contribution < -0.4 is 5.32 Å². The van der Waals surface area contributed by atoms with Crippen molar-refractivity contribution >= 4 is 21.8 Å². The van der Waals surface area contributed by atoms with Crippen molar-refractivity contribution in [2.45, 2.75) is 45.6 Å². The summed E-state index contributed by atoms with van der Waals surface area (Å²) >= 11 is 0. The van der Waals surface area contributed by atoms with Crippen LogP contribution in [0.1, 0.15) is 31.9 Å². The van der Waals surface area contributed by atoms with Gasteiger partial charge in [-0.15, -0.1) is 0 Å². The summed E-state index contributed by atoms with van der Waals surface area (Å²) < 4.78 is 27.2. The van der Waals surface area contributed by atoms with Crippen LogP contribution >= 0.6 is 0 Å². The first kappa shape index (κ1) is 21.4. The maximum Gasteiger partial charge on any atom is 0.245 e. The summed E-state index contributed by atoms with van der Waals surface area (Å²) in [5.74, 6) is -0.458. The molecule has 1 N–H and O–H groups in total. The molecule has 1 atom stereocenters. The Hall–Kier alpha value is -1.93. The molecular formula is C19H29N3O4S. The molecule has 1 aliphatic rings. The van der Waals surface area contributed by atoms with Gasteiger partial charge in [0.05, 0.1) is 4.90 Å². The predicted octanol–water partition coefficient (Wildman–Crippen LogP) is 1.30. The van der Waals surface area contributed by atoms with Gasteiger partial charge in [0.1, 0.15) is 6.04 Å². The van der Waals surface area contributed by atoms with Gasteiger partial charge in [-0.25, -0.2) is 8.42 Å². The van der Waals surface area contributed by atoms with E-state index in [-0.39, 0.29) is 35.7 Å². The first-order chi connectivity index (χ1) is 12.5. The summed E-state index contributed by atoms with van der Waals surface area (Å²) in [5.41, 5.74) is 1.97. The number of hydrogen-bond acceptors (Lipinski definition) is 4. The fourth-order valence-electron chi connectivity index (χ4n) is 3.10. The van der Waals surface area contributed by atoms with E-state index in [9.17, 15) is 18.0 Å². The largest absolute Gasteiger partial charge is 0.344 e. The second-order valence-electron chi connectivity index (χ2n) is 7.40. The first-order valence-corrected chi connectivity index (χ1v) is 10.6. The molecule has 7 nitrogen and oxygen atoms in total. The Kier molecular flexibility index (Phi) is 6.64. The average Bonchev–Trinajstić information content (AvgIpc) is 2.61. The van der Waals surface area contributed by atoms with E-state index < -0.39 is 16.1 Å². The highest BCUT2D eigenvalue weighted by atomic mass is 32.2. The van der Waals surface area contributed by atoms with Crippen LogP contribution in [-0.2, 0) is 19.6 Å². The van der Waals surface area contributed by atoms with Gasteiger partial charge in [0.25, 0.3) is 0 Å². The van der Waals surface area contributed by atoms with E-state index in [1.54, 1.807) is 17.0 Å². The van der Waals surface area contributed by atoms with Crippen molar-refractivity contribution in [1.29, 1.82) is 0 Å². The molecule has 0 saturated carbocycles. The normalized spacial score (nSPS) is 17.0. The summed E-state index contributed by atoms with van der Waals surface area (Å²) in [6, 6.07) is 4.53. The molecule has 1 aromatic carbocycles. The van der Waals surface area contributed by atoms with Crippen molar-refractivity contribution in [3.05, 3.63) is 29.3 Å². The Morgan fingerprint density at radius 2 is 1.63 bits per heavy atom. The molecular weight excluding hydrogens is 366 g/mol. The maximum atomic E-state index is 12.9.